The Bertz CT molecular complexity index is 272. The summed E-state index contributed by atoms with van der Waals surface area (Å²) in [5.74, 6) is 0.0961. The van der Waals surface area contributed by atoms with Crippen LogP contribution in [-0.2, 0) is 9.47 Å². The second-order valence-electron chi connectivity index (χ2n) is 4.32. The molecule has 1 fully saturated rings. The third-order valence-electron chi connectivity index (χ3n) is 3.28. The quantitative estimate of drug-likeness (QED) is 0.597. The maximum Gasteiger partial charge on any atom is 0.191 e. The van der Waals surface area contributed by atoms with Crippen LogP contribution in [0.25, 0.3) is 0 Å². The van der Waals surface area contributed by atoms with Crippen LogP contribution in [0, 0.1) is 5.92 Å². The first-order chi connectivity index (χ1) is 6.64. The smallest absolute Gasteiger partial charge is 0.191 e. The highest BCUT2D eigenvalue weighted by atomic mass is 16.7. The standard InChI is InChI=1S/C12H18O2/c1-9(2)11-5-4-10(3)12(8-11)13-6-7-14-12/h4,11H,1,5-8H2,2-3H3. The average Bonchev–Trinajstić information content (AvgIpc) is 2.59. The van der Waals surface area contributed by atoms with Gasteiger partial charge in [0.05, 0.1) is 13.2 Å². The highest BCUT2D eigenvalue weighted by molar-refractivity contribution is 5.19. The number of rotatable bonds is 1. The summed E-state index contributed by atoms with van der Waals surface area (Å²) in [6.07, 6.45) is 4.24. The van der Waals surface area contributed by atoms with E-state index < -0.39 is 5.79 Å². The van der Waals surface area contributed by atoms with Gasteiger partial charge in [-0.2, -0.15) is 0 Å². The Morgan fingerprint density at radius 2 is 2.14 bits per heavy atom. The lowest BCUT2D eigenvalue weighted by Crippen LogP contribution is -2.37. The van der Waals surface area contributed by atoms with Crippen LogP contribution in [0.5, 0.6) is 0 Å². The fourth-order valence-electron chi connectivity index (χ4n) is 2.22. The Morgan fingerprint density at radius 3 is 2.71 bits per heavy atom. The molecule has 2 aliphatic rings. The van der Waals surface area contributed by atoms with E-state index in [9.17, 15) is 0 Å². The molecule has 0 bridgehead atoms. The van der Waals surface area contributed by atoms with E-state index in [4.69, 9.17) is 9.47 Å². The first-order valence-corrected chi connectivity index (χ1v) is 5.24. The van der Waals surface area contributed by atoms with Crippen LogP contribution in [0.15, 0.2) is 23.8 Å². The van der Waals surface area contributed by atoms with Crippen molar-refractivity contribution in [1.29, 1.82) is 0 Å². The minimum atomic E-state index is -0.415. The summed E-state index contributed by atoms with van der Waals surface area (Å²) >= 11 is 0. The minimum absolute atomic E-state index is 0.415. The molecule has 2 rings (SSSR count). The van der Waals surface area contributed by atoms with Crippen LogP contribution < -0.4 is 0 Å². The molecule has 0 amide bonds. The summed E-state index contributed by atoms with van der Waals surface area (Å²) in [6, 6.07) is 0. The molecule has 1 saturated heterocycles. The van der Waals surface area contributed by atoms with Gasteiger partial charge in [-0.05, 0) is 31.8 Å². The van der Waals surface area contributed by atoms with Crippen LogP contribution >= 0.6 is 0 Å². The van der Waals surface area contributed by atoms with Gasteiger partial charge in [0.15, 0.2) is 5.79 Å². The SMILES string of the molecule is C=C(C)C1CC=C(C)C2(C1)OCCO2. The Hall–Kier alpha value is -0.600. The van der Waals surface area contributed by atoms with Crippen molar-refractivity contribution in [2.24, 2.45) is 5.92 Å². The van der Waals surface area contributed by atoms with E-state index >= 15 is 0 Å². The summed E-state index contributed by atoms with van der Waals surface area (Å²) in [5, 5.41) is 0. The summed E-state index contributed by atoms with van der Waals surface area (Å²) in [4.78, 5) is 0. The Kier molecular flexibility index (Phi) is 2.50. The fraction of sp³-hybridized carbons (Fsp3) is 0.667. The maximum absolute atomic E-state index is 5.74. The predicted molar refractivity (Wildman–Crippen MR) is 55.9 cm³/mol. The molecule has 2 nitrogen and oxygen atoms in total. The maximum atomic E-state index is 5.74. The fourth-order valence-corrected chi connectivity index (χ4v) is 2.22. The topological polar surface area (TPSA) is 18.5 Å². The molecular formula is C12H18O2. The van der Waals surface area contributed by atoms with Gasteiger partial charge >= 0.3 is 0 Å². The molecule has 1 spiro atoms. The van der Waals surface area contributed by atoms with Crippen LogP contribution in [0.4, 0.5) is 0 Å². The molecule has 1 atom stereocenters. The number of allylic oxidation sites excluding steroid dienone is 2. The molecule has 1 heterocycles. The van der Waals surface area contributed by atoms with E-state index in [-0.39, 0.29) is 0 Å². The zero-order chi connectivity index (χ0) is 10.2. The van der Waals surface area contributed by atoms with Crippen LogP contribution in [0.1, 0.15) is 26.7 Å². The average molecular weight is 194 g/mol. The van der Waals surface area contributed by atoms with Crippen molar-refractivity contribution in [1.82, 2.24) is 0 Å². The van der Waals surface area contributed by atoms with Gasteiger partial charge in [-0.1, -0.05) is 18.2 Å². The third-order valence-corrected chi connectivity index (χ3v) is 3.28. The number of hydrogen-bond acceptors (Lipinski definition) is 2. The molecule has 1 unspecified atom stereocenters. The molecule has 0 aromatic heterocycles. The lowest BCUT2D eigenvalue weighted by molar-refractivity contribution is -0.140. The van der Waals surface area contributed by atoms with Crippen molar-refractivity contribution in [2.45, 2.75) is 32.5 Å². The van der Waals surface area contributed by atoms with E-state index in [1.165, 1.54) is 11.1 Å². The van der Waals surface area contributed by atoms with Crippen molar-refractivity contribution >= 4 is 0 Å². The summed E-state index contributed by atoms with van der Waals surface area (Å²) in [6.45, 7) is 9.63. The van der Waals surface area contributed by atoms with Gasteiger partial charge in [0, 0.05) is 6.42 Å². The van der Waals surface area contributed by atoms with E-state index in [2.05, 4.69) is 26.5 Å². The van der Waals surface area contributed by atoms with E-state index in [0.29, 0.717) is 19.1 Å². The van der Waals surface area contributed by atoms with Gasteiger partial charge in [0.1, 0.15) is 0 Å². The van der Waals surface area contributed by atoms with Gasteiger partial charge in [0.25, 0.3) is 0 Å². The van der Waals surface area contributed by atoms with Crippen LogP contribution in [-0.4, -0.2) is 19.0 Å². The lowest BCUT2D eigenvalue weighted by Gasteiger charge is -2.36. The largest absolute Gasteiger partial charge is 0.344 e. The predicted octanol–water partition coefficient (Wildman–Crippen LogP) is 2.66. The van der Waals surface area contributed by atoms with Crippen LogP contribution in [0.3, 0.4) is 0 Å². The number of hydrogen-bond donors (Lipinski definition) is 0. The molecule has 78 valence electrons. The molecule has 0 N–H and O–H groups in total. The second-order valence-corrected chi connectivity index (χ2v) is 4.32. The zero-order valence-corrected chi connectivity index (χ0v) is 9.01. The van der Waals surface area contributed by atoms with Crippen molar-refractivity contribution in [3.8, 4) is 0 Å². The van der Waals surface area contributed by atoms with Gasteiger partial charge < -0.3 is 9.47 Å². The third kappa shape index (κ3) is 1.53. The number of ether oxygens (including phenoxy) is 2. The zero-order valence-electron chi connectivity index (χ0n) is 9.01. The molecule has 2 heteroatoms. The Balaban J connectivity index is 2.20. The Morgan fingerprint density at radius 1 is 1.50 bits per heavy atom. The van der Waals surface area contributed by atoms with Crippen molar-refractivity contribution in [2.75, 3.05) is 13.2 Å². The summed E-state index contributed by atoms with van der Waals surface area (Å²) < 4.78 is 11.5. The second kappa shape index (κ2) is 3.52. The first-order valence-electron chi connectivity index (χ1n) is 5.24. The molecular weight excluding hydrogens is 176 g/mol. The van der Waals surface area contributed by atoms with E-state index in [1.807, 2.05) is 0 Å². The van der Waals surface area contributed by atoms with Crippen molar-refractivity contribution in [3.63, 3.8) is 0 Å². The van der Waals surface area contributed by atoms with Gasteiger partial charge in [-0.25, -0.2) is 0 Å². The van der Waals surface area contributed by atoms with Crippen molar-refractivity contribution < 1.29 is 9.47 Å². The molecule has 14 heavy (non-hydrogen) atoms. The Labute approximate surface area is 85.6 Å². The van der Waals surface area contributed by atoms with Crippen LogP contribution in [0.2, 0.25) is 0 Å². The first kappa shape index (κ1) is 9.94. The molecule has 0 aromatic rings. The molecule has 0 saturated carbocycles. The molecule has 0 aromatic carbocycles. The molecule has 1 aliphatic heterocycles. The summed E-state index contributed by atoms with van der Waals surface area (Å²) in [5.41, 5.74) is 2.46. The monoisotopic (exact) mass is 194 g/mol. The molecule has 0 radical (unpaired) electrons. The highest BCUT2D eigenvalue weighted by Crippen LogP contribution is 2.41. The lowest BCUT2D eigenvalue weighted by atomic mass is 9.82. The highest BCUT2D eigenvalue weighted by Gasteiger charge is 2.42. The van der Waals surface area contributed by atoms with Gasteiger partial charge in [-0.3, -0.25) is 0 Å². The minimum Gasteiger partial charge on any atom is -0.344 e. The van der Waals surface area contributed by atoms with Gasteiger partial charge in [-0.15, -0.1) is 0 Å². The normalized spacial score (nSPS) is 30.4. The van der Waals surface area contributed by atoms with E-state index in [1.54, 1.807) is 0 Å². The molecule has 1 aliphatic carbocycles. The van der Waals surface area contributed by atoms with Gasteiger partial charge in [0.2, 0.25) is 0 Å². The van der Waals surface area contributed by atoms with E-state index in [0.717, 1.165) is 12.8 Å². The van der Waals surface area contributed by atoms with Crippen molar-refractivity contribution in [3.05, 3.63) is 23.8 Å². The summed E-state index contributed by atoms with van der Waals surface area (Å²) in [7, 11) is 0.